The Balaban J connectivity index is 2.25. The number of nitrogens with zero attached hydrogens (tertiary/aromatic N) is 2. The minimum absolute atomic E-state index is 0.791. The van der Waals surface area contributed by atoms with E-state index >= 15 is 0 Å². The minimum Gasteiger partial charge on any atom is -0.497 e. The van der Waals surface area contributed by atoms with Crippen LogP contribution >= 0.6 is 0 Å². The van der Waals surface area contributed by atoms with Gasteiger partial charge in [-0.1, -0.05) is 6.07 Å². The van der Waals surface area contributed by atoms with Gasteiger partial charge in [-0.05, 0) is 26.0 Å². The second kappa shape index (κ2) is 6.04. The van der Waals surface area contributed by atoms with Crippen LogP contribution in [0.1, 0.15) is 12.5 Å². The molecule has 1 heterocycles. The highest BCUT2D eigenvalue weighted by molar-refractivity contribution is 5.65. The number of ether oxygens (including phenoxy) is 1. The third-order valence-corrected chi connectivity index (χ3v) is 2.76. The fourth-order valence-electron chi connectivity index (χ4n) is 1.76. The maximum Gasteiger partial charge on any atom is 0.138 e. The van der Waals surface area contributed by atoms with E-state index in [4.69, 9.17) is 4.74 Å². The van der Waals surface area contributed by atoms with E-state index in [-0.39, 0.29) is 0 Å². The smallest absolute Gasteiger partial charge is 0.138 e. The Labute approximate surface area is 113 Å². The fraction of sp³-hybridized carbons (Fsp3) is 0.286. The van der Waals surface area contributed by atoms with E-state index in [0.29, 0.717) is 0 Å². The summed E-state index contributed by atoms with van der Waals surface area (Å²) in [5.41, 5.74) is 1.93. The molecule has 5 nitrogen and oxygen atoms in total. The predicted octanol–water partition coefficient (Wildman–Crippen LogP) is 2.97. The molecule has 0 saturated heterocycles. The molecule has 0 aliphatic carbocycles. The van der Waals surface area contributed by atoms with Gasteiger partial charge in [0.15, 0.2) is 0 Å². The van der Waals surface area contributed by atoms with Gasteiger partial charge in [-0.15, -0.1) is 0 Å². The number of methoxy groups -OCH3 is 1. The third kappa shape index (κ3) is 3.13. The standard InChI is InChI=1S/C14H18N4O/c1-4-15-13-10(2)14(17-9-16-13)18-11-6-5-7-12(8-11)19-3/h5-9H,4H2,1-3H3,(H2,15,16,17,18). The molecule has 2 aromatic rings. The molecule has 0 amide bonds. The van der Waals surface area contributed by atoms with Gasteiger partial charge < -0.3 is 15.4 Å². The van der Waals surface area contributed by atoms with Crippen LogP contribution in [0.3, 0.4) is 0 Å². The summed E-state index contributed by atoms with van der Waals surface area (Å²) in [7, 11) is 1.65. The van der Waals surface area contributed by atoms with E-state index < -0.39 is 0 Å². The van der Waals surface area contributed by atoms with Gasteiger partial charge in [-0.25, -0.2) is 9.97 Å². The Kier molecular flexibility index (Phi) is 4.18. The molecular weight excluding hydrogens is 240 g/mol. The highest BCUT2D eigenvalue weighted by Gasteiger charge is 2.06. The Morgan fingerprint density at radius 2 is 2.00 bits per heavy atom. The lowest BCUT2D eigenvalue weighted by Gasteiger charge is -2.12. The van der Waals surface area contributed by atoms with E-state index in [1.54, 1.807) is 13.4 Å². The van der Waals surface area contributed by atoms with Gasteiger partial charge in [0.25, 0.3) is 0 Å². The predicted molar refractivity (Wildman–Crippen MR) is 77.2 cm³/mol. The van der Waals surface area contributed by atoms with Crippen molar-refractivity contribution in [3.63, 3.8) is 0 Å². The normalized spacial score (nSPS) is 10.1. The summed E-state index contributed by atoms with van der Waals surface area (Å²) in [6.07, 6.45) is 1.55. The molecule has 1 aromatic carbocycles. The molecule has 0 bridgehead atoms. The second-order valence-electron chi connectivity index (χ2n) is 4.08. The molecule has 0 atom stereocenters. The fourth-order valence-corrected chi connectivity index (χ4v) is 1.76. The molecule has 2 rings (SSSR count). The van der Waals surface area contributed by atoms with Crippen molar-refractivity contribution >= 4 is 17.3 Å². The molecule has 0 spiro atoms. The van der Waals surface area contributed by atoms with Gasteiger partial charge in [0.2, 0.25) is 0 Å². The molecule has 1 aromatic heterocycles. The first-order valence-corrected chi connectivity index (χ1v) is 6.21. The van der Waals surface area contributed by atoms with Crippen molar-refractivity contribution in [1.82, 2.24) is 9.97 Å². The van der Waals surface area contributed by atoms with E-state index in [1.165, 1.54) is 0 Å². The summed E-state index contributed by atoms with van der Waals surface area (Å²) < 4.78 is 5.20. The van der Waals surface area contributed by atoms with Gasteiger partial charge in [-0.3, -0.25) is 0 Å². The zero-order chi connectivity index (χ0) is 13.7. The largest absolute Gasteiger partial charge is 0.497 e. The summed E-state index contributed by atoms with van der Waals surface area (Å²) in [5.74, 6) is 2.45. The highest BCUT2D eigenvalue weighted by Crippen LogP contribution is 2.24. The van der Waals surface area contributed by atoms with Crippen LogP contribution in [0.15, 0.2) is 30.6 Å². The molecule has 0 aliphatic rings. The number of anilines is 3. The molecule has 0 saturated carbocycles. The van der Waals surface area contributed by atoms with Crippen LogP contribution in [-0.2, 0) is 0 Å². The minimum atomic E-state index is 0.791. The summed E-state index contributed by atoms with van der Waals surface area (Å²) in [6, 6.07) is 7.73. The molecule has 0 unspecified atom stereocenters. The lowest BCUT2D eigenvalue weighted by atomic mass is 10.2. The van der Waals surface area contributed by atoms with Crippen molar-refractivity contribution in [2.24, 2.45) is 0 Å². The maximum absolute atomic E-state index is 5.20. The third-order valence-electron chi connectivity index (χ3n) is 2.76. The highest BCUT2D eigenvalue weighted by atomic mass is 16.5. The first kappa shape index (κ1) is 13.1. The van der Waals surface area contributed by atoms with Gasteiger partial charge in [0.05, 0.1) is 7.11 Å². The topological polar surface area (TPSA) is 59.1 Å². The number of rotatable bonds is 5. The maximum atomic E-state index is 5.20. The number of aromatic nitrogens is 2. The zero-order valence-corrected chi connectivity index (χ0v) is 11.4. The summed E-state index contributed by atoms with van der Waals surface area (Å²) in [5, 5.41) is 6.48. The molecule has 0 aliphatic heterocycles. The van der Waals surface area contributed by atoms with Crippen molar-refractivity contribution in [2.75, 3.05) is 24.3 Å². The number of hydrogen-bond acceptors (Lipinski definition) is 5. The van der Waals surface area contributed by atoms with E-state index in [9.17, 15) is 0 Å². The van der Waals surface area contributed by atoms with Crippen LogP contribution in [0, 0.1) is 6.92 Å². The average Bonchev–Trinajstić information content (AvgIpc) is 2.44. The summed E-state index contributed by atoms with van der Waals surface area (Å²) in [4.78, 5) is 8.49. The van der Waals surface area contributed by atoms with E-state index in [2.05, 4.69) is 20.6 Å². The summed E-state index contributed by atoms with van der Waals surface area (Å²) >= 11 is 0. The monoisotopic (exact) mass is 258 g/mol. The van der Waals surface area contributed by atoms with Crippen LogP contribution < -0.4 is 15.4 Å². The van der Waals surface area contributed by atoms with Crippen molar-refractivity contribution in [3.8, 4) is 5.75 Å². The number of benzene rings is 1. The van der Waals surface area contributed by atoms with Crippen molar-refractivity contribution < 1.29 is 4.74 Å². The van der Waals surface area contributed by atoms with Gasteiger partial charge in [0.1, 0.15) is 23.7 Å². The molecule has 19 heavy (non-hydrogen) atoms. The van der Waals surface area contributed by atoms with Crippen LogP contribution in [0.2, 0.25) is 0 Å². The lowest BCUT2D eigenvalue weighted by molar-refractivity contribution is 0.415. The Hall–Kier alpha value is -2.30. The van der Waals surface area contributed by atoms with Crippen LogP contribution in [-0.4, -0.2) is 23.6 Å². The Morgan fingerprint density at radius 3 is 2.74 bits per heavy atom. The lowest BCUT2D eigenvalue weighted by Crippen LogP contribution is -2.05. The average molecular weight is 258 g/mol. The van der Waals surface area contributed by atoms with Crippen LogP contribution in [0.25, 0.3) is 0 Å². The summed E-state index contributed by atoms with van der Waals surface area (Å²) in [6.45, 7) is 4.85. The Bertz CT molecular complexity index is 557. The van der Waals surface area contributed by atoms with Gasteiger partial charge in [-0.2, -0.15) is 0 Å². The van der Waals surface area contributed by atoms with Gasteiger partial charge >= 0.3 is 0 Å². The van der Waals surface area contributed by atoms with E-state index in [0.717, 1.165) is 35.2 Å². The molecule has 2 N–H and O–H groups in total. The zero-order valence-electron chi connectivity index (χ0n) is 11.4. The van der Waals surface area contributed by atoms with Crippen molar-refractivity contribution in [1.29, 1.82) is 0 Å². The molecule has 100 valence electrons. The van der Waals surface area contributed by atoms with Crippen molar-refractivity contribution in [2.45, 2.75) is 13.8 Å². The van der Waals surface area contributed by atoms with Crippen molar-refractivity contribution in [3.05, 3.63) is 36.2 Å². The van der Waals surface area contributed by atoms with E-state index in [1.807, 2.05) is 38.1 Å². The van der Waals surface area contributed by atoms with Crippen LogP contribution in [0.4, 0.5) is 17.3 Å². The number of nitrogens with one attached hydrogen (secondary N) is 2. The first-order valence-electron chi connectivity index (χ1n) is 6.21. The quantitative estimate of drug-likeness (QED) is 0.863. The Morgan fingerprint density at radius 1 is 1.21 bits per heavy atom. The SMILES string of the molecule is CCNc1ncnc(Nc2cccc(OC)c2)c1C. The second-order valence-corrected chi connectivity index (χ2v) is 4.08. The van der Waals surface area contributed by atoms with Crippen LogP contribution in [0.5, 0.6) is 5.75 Å². The molecule has 5 heteroatoms. The number of hydrogen-bond donors (Lipinski definition) is 2. The van der Waals surface area contributed by atoms with Gasteiger partial charge in [0, 0.05) is 23.9 Å². The molecule has 0 radical (unpaired) electrons. The molecular formula is C14H18N4O. The molecule has 0 fully saturated rings. The first-order chi connectivity index (χ1) is 9.24.